The van der Waals surface area contributed by atoms with Crippen LogP contribution in [0.25, 0.3) is 0 Å². The molecule has 1 atom stereocenters. The molecular formula is C10H15NOSe. The fourth-order valence-electron chi connectivity index (χ4n) is 1.26. The monoisotopic (exact) mass is 245 g/mol. The first-order valence-electron chi connectivity index (χ1n) is 4.17. The minimum atomic E-state index is -1.78. The third kappa shape index (κ3) is 3.03. The first kappa shape index (κ1) is 10.6. The Balaban J connectivity index is 2.98. The summed E-state index contributed by atoms with van der Waals surface area (Å²) in [5.74, 6) is 1.81. The van der Waals surface area contributed by atoms with E-state index in [4.69, 9.17) is 0 Å². The zero-order chi connectivity index (χ0) is 9.84. The normalized spacial score (nSPS) is 13.2. The van der Waals surface area contributed by atoms with Gasteiger partial charge < -0.3 is 0 Å². The van der Waals surface area contributed by atoms with Crippen LogP contribution in [-0.2, 0) is 10.4 Å². The van der Waals surface area contributed by atoms with E-state index in [0.29, 0.717) is 0 Å². The molecule has 0 saturated heterocycles. The van der Waals surface area contributed by atoms with Gasteiger partial charge in [0.05, 0.1) is 0 Å². The van der Waals surface area contributed by atoms with Gasteiger partial charge in [0, 0.05) is 0 Å². The molecule has 0 aromatic heterocycles. The molecule has 0 spiro atoms. The van der Waals surface area contributed by atoms with Gasteiger partial charge in [-0.15, -0.1) is 0 Å². The molecule has 0 heterocycles. The molecule has 0 aliphatic rings. The standard InChI is InChI=1S/C10H15NOSe/c1-11(2)8-9-6-4-5-7-10(9)13(3)12/h4-7H,8H2,1-3H3. The first-order valence-corrected chi connectivity index (χ1v) is 7.44. The van der Waals surface area contributed by atoms with Crippen molar-refractivity contribution in [3.05, 3.63) is 29.8 Å². The zero-order valence-electron chi connectivity index (χ0n) is 8.28. The van der Waals surface area contributed by atoms with Crippen molar-refractivity contribution in [1.82, 2.24) is 4.90 Å². The Morgan fingerprint density at radius 3 is 2.46 bits per heavy atom. The zero-order valence-corrected chi connectivity index (χ0v) is 9.99. The minimum absolute atomic E-state index is 0.867. The fourth-order valence-corrected chi connectivity index (χ4v) is 2.88. The van der Waals surface area contributed by atoms with Crippen LogP contribution in [0, 0.1) is 0 Å². The van der Waals surface area contributed by atoms with Crippen molar-refractivity contribution in [3.63, 3.8) is 0 Å². The molecule has 1 rings (SSSR count). The van der Waals surface area contributed by atoms with E-state index in [-0.39, 0.29) is 0 Å². The average Bonchev–Trinajstić information content (AvgIpc) is 2.03. The maximum atomic E-state index is 11.4. The molecule has 0 bridgehead atoms. The van der Waals surface area contributed by atoms with E-state index in [1.807, 2.05) is 44.2 Å². The van der Waals surface area contributed by atoms with Crippen LogP contribution in [0.2, 0.25) is 5.82 Å². The van der Waals surface area contributed by atoms with E-state index in [2.05, 4.69) is 4.90 Å². The molecule has 2 nitrogen and oxygen atoms in total. The Morgan fingerprint density at radius 1 is 1.31 bits per heavy atom. The van der Waals surface area contributed by atoms with E-state index >= 15 is 0 Å². The SMILES string of the molecule is CN(C)Cc1ccccc1[Se](C)=O. The topological polar surface area (TPSA) is 20.3 Å². The Labute approximate surface area is 83.6 Å². The molecular weight excluding hydrogens is 229 g/mol. The molecule has 3 heteroatoms. The summed E-state index contributed by atoms with van der Waals surface area (Å²) < 4.78 is 12.5. The van der Waals surface area contributed by atoms with Crippen LogP contribution in [0.4, 0.5) is 0 Å². The van der Waals surface area contributed by atoms with E-state index in [1.54, 1.807) is 0 Å². The van der Waals surface area contributed by atoms with Gasteiger partial charge in [0.15, 0.2) is 0 Å². The van der Waals surface area contributed by atoms with Gasteiger partial charge in [-0.1, -0.05) is 0 Å². The van der Waals surface area contributed by atoms with E-state index in [9.17, 15) is 3.83 Å². The summed E-state index contributed by atoms with van der Waals surface area (Å²) in [6, 6.07) is 7.97. The van der Waals surface area contributed by atoms with Gasteiger partial charge in [-0.25, -0.2) is 0 Å². The van der Waals surface area contributed by atoms with Crippen molar-refractivity contribution in [2.24, 2.45) is 0 Å². The van der Waals surface area contributed by atoms with Gasteiger partial charge in [0.2, 0.25) is 0 Å². The van der Waals surface area contributed by atoms with Crippen molar-refractivity contribution in [1.29, 1.82) is 0 Å². The quantitative estimate of drug-likeness (QED) is 0.739. The van der Waals surface area contributed by atoms with Crippen molar-refractivity contribution in [3.8, 4) is 0 Å². The summed E-state index contributed by atoms with van der Waals surface area (Å²) in [4.78, 5) is 2.09. The molecule has 0 amide bonds. The molecule has 0 N–H and O–H groups in total. The predicted molar refractivity (Wildman–Crippen MR) is 55.8 cm³/mol. The van der Waals surface area contributed by atoms with Crippen LogP contribution < -0.4 is 4.46 Å². The third-order valence-corrected chi connectivity index (χ3v) is 3.90. The van der Waals surface area contributed by atoms with Gasteiger partial charge in [0.25, 0.3) is 0 Å². The van der Waals surface area contributed by atoms with Crippen LogP contribution >= 0.6 is 0 Å². The molecule has 0 saturated carbocycles. The molecule has 0 aliphatic carbocycles. The summed E-state index contributed by atoms with van der Waals surface area (Å²) in [5.41, 5.74) is 1.19. The number of hydrogen-bond donors (Lipinski definition) is 0. The second-order valence-electron chi connectivity index (χ2n) is 3.30. The first-order chi connectivity index (χ1) is 6.11. The second kappa shape index (κ2) is 4.66. The predicted octanol–water partition coefficient (Wildman–Crippen LogP) is 1.01. The van der Waals surface area contributed by atoms with Crippen LogP contribution in [0.5, 0.6) is 0 Å². The van der Waals surface area contributed by atoms with Gasteiger partial charge in [-0.05, 0) is 0 Å². The summed E-state index contributed by atoms with van der Waals surface area (Å²) in [6.07, 6.45) is 0. The average molecular weight is 244 g/mol. The summed E-state index contributed by atoms with van der Waals surface area (Å²) in [5, 5.41) is 0. The Hall–Kier alpha value is -0.501. The van der Waals surface area contributed by atoms with Crippen molar-refractivity contribution in [2.45, 2.75) is 12.4 Å². The van der Waals surface area contributed by atoms with Gasteiger partial charge in [0.1, 0.15) is 0 Å². The number of hydrogen-bond acceptors (Lipinski definition) is 2. The third-order valence-electron chi connectivity index (χ3n) is 1.77. The number of nitrogens with zero attached hydrogens (tertiary/aromatic N) is 1. The molecule has 1 aromatic carbocycles. The fraction of sp³-hybridized carbons (Fsp3) is 0.400. The van der Waals surface area contributed by atoms with Gasteiger partial charge in [-0.3, -0.25) is 0 Å². The number of benzene rings is 1. The van der Waals surface area contributed by atoms with Gasteiger partial charge in [-0.2, -0.15) is 0 Å². The van der Waals surface area contributed by atoms with E-state index < -0.39 is 13.8 Å². The summed E-state index contributed by atoms with van der Waals surface area (Å²) >= 11 is -1.78. The van der Waals surface area contributed by atoms with Crippen LogP contribution in [0.15, 0.2) is 24.3 Å². The molecule has 13 heavy (non-hydrogen) atoms. The Bertz CT molecular complexity index is 310. The maximum absolute atomic E-state index is 11.4. The number of rotatable bonds is 3. The van der Waals surface area contributed by atoms with Crippen LogP contribution in [-0.4, -0.2) is 32.8 Å². The molecule has 0 radical (unpaired) electrons. The van der Waals surface area contributed by atoms with E-state index in [1.165, 1.54) is 5.56 Å². The van der Waals surface area contributed by atoms with Gasteiger partial charge >= 0.3 is 83.3 Å². The van der Waals surface area contributed by atoms with Crippen molar-refractivity contribution < 1.29 is 3.83 Å². The molecule has 72 valence electrons. The summed E-state index contributed by atoms with van der Waals surface area (Å²) in [6.45, 7) is 0.867. The van der Waals surface area contributed by atoms with Crippen LogP contribution in [0.3, 0.4) is 0 Å². The van der Waals surface area contributed by atoms with E-state index in [0.717, 1.165) is 11.0 Å². The molecule has 0 fully saturated rings. The van der Waals surface area contributed by atoms with Crippen molar-refractivity contribution >= 4 is 18.3 Å². The Morgan fingerprint density at radius 2 is 1.92 bits per heavy atom. The molecule has 1 unspecified atom stereocenters. The van der Waals surface area contributed by atoms with Crippen molar-refractivity contribution in [2.75, 3.05) is 14.1 Å². The second-order valence-corrected chi connectivity index (χ2v) is 6.13. The summed E-state index contributed by atoms with van der Waals surface area (Å²) in [7, 11) is 4.04. The Kier molecular flexibility index (Phi) is 3.79. The molecule has 0 aliphatic heterocycles. The van der Waals surface area contributed by atoms with Crippen LogP contribution in [0.1, 0.15) is 5.56 Å². The molecule has 1 aromatic rings.